The first-order valence-electron chi connectivity index (χ1n) is 13.1. The molecule has 1 aliphatic rings. The Labute approximate surface area is 215 Å². The van der Waals surface area contributed by atoms with E-state index in [1.54, 1.807) is 7.11 Å². The molecule has 35 heavy (non-hydrogen) atoms. The first kappa shape index (κ1) is 27.4. The highest BCUT2D eigenvalue weighted by molar-refractivity contribution is 7.27. The van der Waals surface area contributed by atoms with Crippen molar-refractivity contribution >= 4 is 14.5 Å². The lowest BCUT2D eigenvalue weighted by Crippen LogP contribution is -2.34. The third-order valence-corrected chi connectivity index (χ3v) is 7.26. The molecule has 1 aromatic heterocycles. The second kappa shape index (κ2) is 14.4. The summed E-state index contributed by atoms with van der Waals surface area (Å²) >= 11 is 0. The number of benzene rings is 2. The molecular weight excluding hydrogens is 447 g/mol. The van der Waals surface area contributed by atoms with E-state index in [9.17, 15) is 0 Å². The minimum atomic E-state index is 0.678. The zero-order valence-electron chi connectivity index (χ0n) is 22.1. The number of methoxy groups -OCH3 is 1. The summed E-state index contributed by atoms with van der Waals surface area (Å²) < 4.78 is 5.16. The molecule has 1 aliphatic heterocycles. The summed E-state index contributed by atoms with van der Waals surface area (Å²) in [6, 6.07) is 21.5. The van der Waals surface area contributed by atoms with Crippen molar-refractivity contribution in [2.75, 3.05) is 26.7 Å². The molecule has 0 spiro atoms. The van der Waals surface area contributed by atoms with E-state index in [4.69, 9.17) is 4.74 Å². The Morgan fingerprint density at radius 1 is 0.971 bits per heavy atom. The van der Waals surface area contributed by atoms with Gasteiger partial charge in [-0.3, -0.25) is 0 Å². The molecule has 1 fully saturated rings. The van der Waals surface area contributed by atoms with Gasteiger partial charge < -0.3 is 9.64 Å². The van der Waals surface area contributed by atoms with Gasteiger partial charge in [-0.25, -0.2) is 4.98 Å². The van der Waals surface area contributed by atoms with Crippen LogP contribution >= 0.6 is 9.24 Å². The first-order chi connectivity index (χ1) is 17.0. The van der Waals surface area contributed by atoms with Gasteiger partial charge in [-0.1, -0.05) is 68.8 Å². The Bertz CT molecular complexity index is 1030. The molecule has 1 unspecified atom stereocenters. The number of aryl methyl sites for hydroxylation is 2. The van der Waals surface area contributed by atoms with Gasteiger partial charge in [-0.15, -0.1) is 9.24 Å². The highest BCUT2D eigenvalue weighted by atomic mass is 31.0. The molecule has 0 saturated carbocycles. The summed E-state index contributed by atoms with van der Waals surface area (Å²) in [6.45, 7) is 10.6. The van der Waals surface area contributed by atoms with Gasteiger partial charge in [-0.05, 0) is 85.2 Å². The second-order valence-electron chi connectivity index (χ2n) is 9.87. The van der Waals surface area contributed by atoms with E-state index in [0.717, 1.165) is 24.5 Å². The lowest BCUT2D eigenvalue weighted by molar-refractivity contribution is 0.194. The Morgan fingerprint density at radius 3 is 2.34 bits per heavy atom. The summed E-state index contributed by atoms with van der Waals surface area (Å²) in [4.78, 5) is 7.06. The molecule has 4 rings (SSSR count). The van der Waals surface area contributed by atoms with Crippen LogP contribution in [0.2, 0.25) is 0 Å². The van der Waals surface area contributed by atoms with Crippen molar-refractivity contribution in [1.29, 1.82) is 0 Å². The predicted molar refractivity (Wildman–Crippen MR) is 153 cm³/mol. The lowest BCUT2D eigenvalue weighted by atomic mass is 9.99. The molecule has 0 aliphatic carbocycles. The minimum absolute atomic E-state index is 0.678. The van der Waals surface area contributed by atoms with E-state index >= 15 is 0 Å². The van der Waals surface area contributed by atoms with Crippen molar-refractivity contribution in [2.45, 2.75) is 59.3 Å². The smallest absolute Gasteiger partial charge is 0.213 e. The molecule has 1 atom stereocenters. The standard InChI is InChI=1S/C17H21NO.C14H22NP/c1-4-6-15-10-9-14(11-13(15)2)12-16-7-5-8-17(18-16)19-3;1-12-6-9-15(10-7-12)11-8-13-2-4-14(16)5-3-13/h5,7-11H,4,6,12H2,1-3H3;2-5,12H,6-11,16H2,1H3. The maximum atomic E-state index is 5.16. The lowest BCUT2D eigenvalue weighted by Gasteiger charge is -2.30. The van der Waals surface area contributed by atoms with Crippen molar-refractivity contribution in [1.82, 2.24) is 9.88 Å². The zero-order valence-corrected chi connectivity index (χ0v) is 23.2. The van der Waals surface area contributed by atoms with Crippen LogP contribution in [0.5, 0.6) is 5.88 Å². The minimum Gasteiger partial charge on any atom is -0.481 e. The fraction of sp³-hybridized carbons (Fsp3) is 0.452. The highest BCUT2D eigenvalue weighted by Gasteiger charge is 2.14. The van der Waals surface area contributed by atoms with Crippen LogP contribution in [-0.4, -0.2) is 36.6 Å². The molecule has 2 aromatic carbocycles. The van der Waals surface area contributed by atoms with E-state index in [1.807, 2.05) is 18.2 Å². The summed E-state index contributed by atoms with van der Waals surface area (Å²) in [7, 11) is 4.38. The highest BCUT2D eigenvalue weighted by Crippen LogP contribution is 2.17. The molecule has 1 saturated heterocycles. The van der Waals surface area contributed by atoms with Gasteiger partial charge in [0.05, 0.1) is 7.11 Å². The number of pyridine rings is 1. The monoisotopic (exact) mass is 490 g/mol. The third-order valence-electron chi connectivity index (χ3n) is 6.87. The normalized spacial score (nSPS) is 14.3. The third kappa shape index (κ3) is 9.39. The van der Waals surface area contributed by atoms with Crippen LogP contribution in [0.15, 0.2) is 60.7 Å². The van der Waals surface area contributed by atoms with Crippen molar-refractivity contribution in [3.8, 4) is 5.88 Å². The van der Waals surface area contributed by atoms with Crippen LogP contribution in [0.4, 0.5) is 0 Å². The topological polar surface area (TPSA) is 25.4 Å². The number of piperidine rings is 1. The fourth-order valence-electron chi connectivity index (χ4n) is 4.55. The van der Waals surface area contributed by atoms with Crippen molar-refractivity contribution in [3.63, 3.8) is 0 Å². The first-order valence-corrected chi connectivity index (χ1v) is 13.7. The molecule has 188 valence electrons. The van der Waals surface area contributed by atoms with E-state index in [1.165, 1.54) is 72.9 Å². The Balaban J connectivity index is 0.000000198. The van der Waals surface area contributed by atoms with Crippen LogP contribution in [0.25, 0.3) is 0 Å². The summed E-state index contributed by atoms with van der Waals surface area (Å²) in [5.41, 5.74) is 6.64. The molecular formula is C31H43N2OP. The van der Waals surface area contributed by atoms with Gasteiger partial charge in [-0.2, -0.15) is 0 Å². The number of nitrogens with zero attached hydrogens (tertiary/aromatic N) is 2. The average Bonchev–Trinajstić information content (AvgIpc) is 2.87. The maximum absolute atomic E-state index is 5.16. The van der Waals surface area contributed by atoms with Gasteiger partial charge in [0.1, 0.15) is 0 Å². The number of aromatic nitrogens is 1. The van der Waals surface area contributed by atoms with Crippen molar-refractivity contribution < 1.29 is 4.74 Å². The molecule has 3 nitrogen and oxygen atoms in total. The quantitative estimate of drug-likeness (QED) is 0.342. The van der Waals surface area contributed by atoms with Gasteiger partial charge in [0.2, 0.25) is 5.88 Å². The van der Waals surface area contributed by atoms with Gasteiger partial charge >= 0.3 is 0 Å². The maximum Gasteiger partial charge on any atom is 0.213 e. The number of likely N-dealkylation sites (tertiary alicyclic amines) is 1. The van der Waals surface area contributed by atoms with E-state index in [2.05, 4.69) is 82.4 Å². The van der Waals surface area contributed by atoms with Gasteiger partial charge in [0, 0.05) is 24.7 Å². The Kier molecular flexibility index (Phi) is 11.2. The van der Waals surface area contributed by atoms with Crippen LogP contribution in [-0.2, 0) is 19.3 Å². The average molecular weight is 491 g/mol. The molecule has 4 heteroatoms. The molecule has 0 N–H and O–H groups in total. The van der Waals surface area contributed by atoms with E-state index in [-0.39, 0.29) is 0 Å². The number of hydrogen-bond acceptors (Lipinski definition) is 3. The SMILES string of the molecule is CC1CCN(CCc2ccc(P)cc2)CC1.CCCc1ccc(Cc2cccc(OC)n2)cc1C. The van der Waals surface area contributed by atoms with E-state index < -0.39 is 0 Å². The summed E-state index contributed by atoms with van der Waals surface area (Å²) in [5, 5.41) is 1.27. The van der Waals surface area contributed by atoms with Gasteiger partial charge in [0.25, 0.3) is 0 Å². The predicted octanol–water partition coefficient (Wildman–Crippen LogP) is 6.40. The molecule has 0 bridgehead atoms. The van der Waals surface area contributed by atoms with Crippen LogP contribution in [0.1, 0.15) is 61.1 Å². The number of hydrogen-bond donors (Lipinski definition) is 0. The number of rotatable bonds is 8. The summed E-state index contributed by atoms with van der Waals surface area (Å²) in [6.07, 6.45) is 7.15. The summed E-state index contributed by atoms with van der Waals surface area (Å²) in [5.74, 6) is 1.62. The van der Waals surface area contributed by atoms with Crippen molar-refractivity contribution in [2.24, 2.45) is 5.92 Å². The van der Waals surface area contributed by atoms with Gasteiger partial charge in [0.15, 0.2) is 0 Å². The zero-order chi connectivity index (χ0) is 25.0. The molecule has 3 aromatic rings. The van der Waals surface area contributed by atoms with Crippen LogP contribution < -0.4 is 10.0 Å². The molecule has 0 amide bonds. The number of ether oxygens (including phenoxy) is 1. The molecule has 2 heterocycles. The largest absolute Gasteiger partial charge is 0.481 e. The Hall–Kier alpha value is -2.22. The van der Waals surface area contributed by atoms with Crippen molar-refractivity contribution in [3.05, 3.63) is 88.6 Å². The van der Waals surface area contributed by atoms with E-state index in [0.29, 0.717) is 5.88 Å². The van der Waals surface area contributed by atoms with Crippen LogP contribution in [0, 0.1) is 12.8 Å². The second-order valence-corrected chi connectivity index (χ2v) is 10.5. The Morgan fingerprint density at radius 2 is 1.69 bits per heavy atom. The fourth-order valence-corrected chi connectivity index (χ4v) is 4.75. The van der Waals surface area contributed by atoms with Crippen LogP contribution in [0.3, 0.4) is 0 Å². The molecule has 0 radical (unpaired) electrons.